The van der Waals surface area contributed by atoms with Crippen molar-refractivity contribution in [1.82, 2.24) is 0 Å². The number of rotatable bonds is 6. The molecule has 0 unspecified atom stereocenters. The van der Waals surface area contributed by atoms with Gasteiger partial charge in [0.2, 0.25) is 11.6 Å². The van der Waals surface area contributed by atoms with Gasteiger partial charge in [-0.05, 0) is 47.5 Å². The number of ketones is 2. The second-order valence-electron chi connectivity index (χ2n) is 7.36. The van der Waals surface area contributed by atoms with Crippen molar-refractivity contribution >= 4 is 23.5 Å². The van der Waals surface area contributed by atoms with E-state index in [9.17, 15) is 19.2 Å². The Morgan fingerprint density at radius 2 is 1.00 bits per heavy atom. The van der Waals surface area contributed by atoms with E-state index in [4.69, 9.17) is 9.47 Å². The molecule has 0 aromatic rings. The minimum atomic E-state index is -0.927. The monoisotopic (exact) mass is 314 g/mol. The zero-order chi connectivity index (χ0) is 17.7. The lowest BCUT2D eigenvalue weighted by Crippen LogP contribution is -2.31. The van der Waals surface area contributed by atoms with Crippen LogP contribution in [0.4, 0.5) is 0 Å². The van der Waals surface area contributed by atoms with Crippen molar-refractivity contribution in [2.75, 3.05) is 0 Å². The molecule has 126 valence electrons. The van der Waals surface area contributed by atoms with Gasteiger partial charge in [-0.2, -0.15) is 0 Å². The van der Waals surface area contributed by atoms with Crippen molar-refractivity contribution in [3.63, 3.8) is 0 Å². The van der Waals surface area contributed by atoms with Gasteiger partial charge in [0, 0.05) is 12.8 Å². The average molecular weight is 314 g/mol. The Morgan fingerprint density at radius 1 is 0.727 bits per heavy atom. The van der Waals surface area contributed by atoms with E-state index in [1.54, 1.807) is 48.5 Å². The number of carbonyl (C=O) groups is 4. The summed E-state index contributed by atoms with van der Waals surface area (Å²) in [6.07, 6.45) is -0.299. The molecule has 0 aromatic heterocycles. The van der Waals surface area contributed by atoms with E-state index in [1.165, 1.54) is 0 Å². The Kier molecular flexibility index (Phi) is 6.93. The van der Waals surface area contributed by atoms with Crippen LogP contribution in [0.25, 0.3) is 0 Å². The van der Waals surface area contributed by atoms with E-state index < -0.39 is 40.6 Å². The Morgan fingerprint density at radius 3 is 1.23 bits per heavy atom. The number of esters is 2. The summed E-state index contributed by atoms with van der Waals surface area (Å²) in [6.45, 7) is 11.6. The van der Waals surface area contributed by atoms with Crippen LogP contribution in [0.5, 0.6) is 0 Å². The van der Waals surface area contributed by atoms with Gasteiger partial charge in [-0.1, -0.05) is 6.92 Å². The van der Waals surface area contributed by atoms with Crippen LogP contribution in [0.2, 0.25) is 0 Å². The van der Waals surface area contributed by atoms with Gasteiger partial charge < -0.3 is 9.47 Å². The first kappa shape index (κ1) is 20.3. The third-order valence-electron chi connectivity index (χ3n) is 2.32. The van der Waals surface area contributed by atoms with E-state index in [-0.39, 0.29) is 12.8 Å². The van der Waals surface area contributed by atoms with E-state index in [0.717, 1.165) is 0 Å². The maximum absolute atomic E-state index is 11.7. The molecule has 0 aliphatic carbocycles. The molecule has 0 aliphatic heterocycles. The Labute approximate surface area is 131 Å². The van der Waals surface area contributed by atoms with Crippen molar-refractivity contribution in [1.29, 1.82) is 0 Å². The summed E-state index contributed by atoms with van der Waals surface area (Å²) in [5.74, 6) is -3.72. The second-order valence-corrected chi connectivity index (χ2v) is 7.36. The number of ether oxygens (including phenoxy) is 2. The molecule has 0 fully saturated rings. The van der Waals surface area contributed by atoms with Crippen molar-refractivity contribution in [3.8, 4) is 0 Å². The molecule has 6 heteroatoms. The fourth-order valence-electron chi connectivity index (χ4n) is 1.54. The first-order valence-electron chi connectivity index (χ1n) is 7.23. The fraction of sp³-hybridized carbons (Fsp3) is 0.750. The topological polar surface area (TPSA) is 86.7 Å². The van der Waals surface area contributed by atoms with Crippen molar-refractivity contribution < 1.29 is 28.7 Å². The van der Waals surface area contributed by atoms with Crippen LogP contribution in [0, 0.1) is 5.92 Å². The van der Waals surface area contributed by atoms with Gasteiger partial charge in [0.1, 0.15) is 11.2 Å². The van der Waals surface area contributed by atoms with Crippen LogP contribution >= 0.6 is 0 Å². The first-order valence-corrected chi connectivity index (χ1v) is 7.23. The standard InChI is InChI=1S/C16H26O6/c1-10(8-11(17)13(19)21-15(2,3)4)9-12(18)14(20)22-16(5,6)7/h10H,8-9H2,1-7H3. The predicted octanol–water partition coefficient (Wildman–Crippen LogP) is 2.22. The van der Waals surface area contributed by atoms with E-state index in [2.05, 4.69) is 0 Å². The molecule has 0 radical (unpaired) electrons. The maximum Gasteiger partial charge on any atom is 0.375 e. The van der Waals surface area contributed by atoms with E-state index in [1.807, 2.05) is 0 Å². The molecular weight excluding hydrogens is 288 g/mol. The lowest BCUT2D eigenvalue weighted by molar-refractivity contribution is -0.163. The molecule has 0 amide bonds. The molecule has 0 spiro atoms. The van der Waals surface area contributed by atoms with Gasteiger partial charge in [-0.3, -0.25) is 9.59 Å². The van der Waals surface area contributed by atoms with Gasteiger partial charge in [0.25, 0.3) is 0 Å². The summed E-state index contributed by atoms with van der Waals surface area (Å²) in [6, 6.07) is 0. The highest BCUT2D eigenvalue weighted by Gasteiger charge is 2.28. The van der Waals surface area contributed by atoms with Crippen LogP contribution in [0.3, 0.4) is 0 Å². The molecular formula is C16H26O6. The molecule has 0 N–H and O–H groups in total. The molecule has 6 nitrogen and oxygen atoms in total. The highest BCUT2D eigenvalue weighted by Crippen LogP contribution is 2.14. The molecule has 0 saturated carbocycles. The molecule has 0 aliphatic rings. The molecule has 0 rings (SSSR count). The summed E-state index contributed by atoms with van der Waals surface area (Å²) in [5.41, 5.74) is -1.50. The first-order chi connectivity index (χ1) is 9.71. The number of Topliss-reactive ketones (excluding diaryl/α,β-unsaturated/α-hetero) is 2. The van der Waals surface area contributed by atoms with Gasteiger partial charge in [0.05, 0.1) is 0 Å². The summed E-state index contributed by atoms with van der Waals surface area (Å²) < 4.78 is 9.91. The lowest BCUT2D eigenvalue weighted by atomic mass is 9.98. The van der Waals surface area contributed by atoms with Gasteiger partial charge >= 0.3 is 11.9 Å². The van der Waals surface area contributed by atoms with Crippen LogP contribution in [0.15, 0.2) is 0 Å². The average Bonchev–Trinajstić information content (AvgIpc) is 2.23. The van der Waals surface area contributed by atoms with Crippen LogP contribution in [0.1, 0.15) is 61.3 Å². The van der Waals surface area contributed by atoms with Gasteiger partial charge in [0.15, 0.2) is 0 Å². The third kappa shape index (κ3) is 9.26. The third-order valence-corrected chi connectivity index (χ3v) is 2.32. The molecule has 22 heavy (non-hydrogen) atoms. The van der Waals surface area contributed by atoms with Gasteiger partial charge in [-0.25, -0.2) is 9.59 Å². The van der Waals surface area contributed by atoms with Crippen molar-refractivity contribution in [2.24, 2.45) is 5.92 Å². The largest absolute Gasteiger partial charge is 0.454 e. The normalized spacial score (nSPS) is 12.0. The van der Waals surface area contributed by atoms with E-state index in [0.29, 0.717) is 0 Å². The Balaban J connectivity index is 4.42. The second kappa shape index (κ2) is 7.51. The SMILES string of the molecule is CC(CC(=O)C(=O)OC(C)(C)C)CC(=O)C(=O)OC(C)(C)C. The smallest absolute Gasteiger partial charge is 0.375 e. The highest BCUT2D eigenvalue weighted by molar-refractivity contribution is 6.35. The Bertz CT molecular complexity index is 408. The minimum Gasteiger partial charge on any atom is -0.454 e. The minimum absolute atomic E-state index is 0.149. The van der Waals surface area contributed by atoms with Crippen molar-refractivity contribution in [2.45, 2.75) is 72.5 Å². The van der Waals surface area contributed by atoms with Crippen molar-refractivity contribution in [3.05, 3.63) is 0 Å². The lowest BCUT2D eigenvalue weighted by Gasteiger charge is -2.20. The number of hydrogen-bond acceptors (Lipinski definition) is 6. The zero-order valence-corrected chi connectivity index (χ0v) is 14.4. The summed E-state index contributed by atoms with van der Waals surface area (Å²) in [5, 5.41) is 0. The maximum atomic E-state index is 11.7. The predicted molar refractivity (Wildman–Crippen MR) is 80.1 cm³/mol. The molecule has 0 heterocycles. The van der Waals surface area contributed by atoms with Gasteiger partial charge in [-0.15, -0.1) is 0 Å². The fourth-order valence-corrected chi connectivity index (χ4v) is 1.54. The number of hydrogen-bond donors (Lipinski definition) is 0. The number of carbonyl (C=O) groups excluding carboxylic acids is 4. The van der Waals surface area contributed by atoms with E-state index >= 15 is 0 Å². The Hall–Kier alpha value is -1.72. The molecule has 0 bridgehead atoms. The summed E-state index contributed by atoms with van der Waals surface area (Å²) in [7, 11) is 0. The molecule has 0 atom stereocenters. The molecule has 0 saturated heterocycles. The highest BCUT2D eigenvalue weighted by atomic mass is 16.6. The van der Waals surface area contributed by atoms with Crippen LogP contribution in [-0.4, -0.2) is 34.7 Å². The summed E-state index contributed by atoms with van der Waals surface area (Å²) in [4.78, 5) is 46.5. The summed E-state index contributed by atoms with van der Waals surface area (Å²) >= 11 is 0. The molecule has 0 aromatic carbocycles. The quantitative estimate of drug-likeness (QED) is 0.552. The van der Waals surface area contributed by atoms with Crippen LogP contribution in [-0.2, 0) is 28.7 Å². The zero-order valence-electron chi connectivity index (χ0n) is 14.4. The van der Waals surface area contributed by atoms with Crippen LogP contribution < -0.4 is 0 Å².